The minimum Gasteiger partial charge on any atom is -0.390 e. The van der Waals surface area contributed by atoms with Crippen molar-refractivity contribution < 1.29 is 38.6 Å². The number of nitrogens with zero attached hydrogens (tertiary/aromatic N) is 10. The van der Waals surface area contributed by atoms with Crippen molar-refractivity contribution in [2.75, 3.05) is 90.9 Å². The highest BCUT2D eigenvalue weighted by Gasteiger charge is 2.33. The van der Waals surface area contributed by atoms with Gasteiger partial charge in [-0.3, -0.25) is 53.6 Å². The van der Waals surface area contributed by atoms with E-state index in [4.69, 9.17) is 62.7 Å². The van der Waals surface area contributed by atoms with E-state index in [9.17, 15) is 33.9 Å². The summed E-state index contributed by atoms with van der Waals surface area (Å²) in [6.07, 6.45) is 13.2. The number of ether oxygens (including phenoxy) is 1. The Balaban J connectivity index is 0.000000136. The monoisotopic (exact) mass is 1780 g/mol. The second-order valence-electron chi connectivity index (χ2n) is 28.9. The Kier molecular flexibility index (Phi) is 30.6. The van der Waals surface area contributed by atoms with Gasteiger partial charge in [-0.2, -0.15) is 0 Å². The first-order valence-electron chi connectivity index (χ1n) is 40.1. The molecule has 3 aliphatic rings. The molecule has 0 saturated carbocycles. The standard InChI is InChI=1S/C28H21Cl2N3O3.C24H24ClN5O2.C24H26ClN5O2.C18H11ClN4OS/c29-22-11-9-18(15-21(22)24-7-3-4-12-31-24)32-28(36)20-10-8-17(13-23(20)30)27(35)33-26-19-6-2-1-5-16(19)14-25(26)34;25-20-9-8-18(15-19(20)21-5-1-2-11-26-21)29-24(32)17-7-10-22(28-16-17)27-12-4-14-30-13-3-6-23(30)31;25-21-7-6-19(16-20(21)22-4-1-2-9-26-22)29-24(31)18-5-8-23(28-17-18)27-10-3-11-30-12-14-32-15-13-30;19-14-6-5-12(10-13(14)15-3-1-2-8-20-15)21-18(24)11-4-7-17-16(9-11)22-23-25-17/h1-13,15,25-26,34H,14H2,(H,32,36)(H,33,35);1-2,5,7-11,15-16H,3-4,6,12-14H2,(H,27,28)(H,29,32);1-2,4-9,16-17H,3,10-15H2,(H,27,28)(H,29,31);1-10H,(H,21,24)/t25-,26+;;;/m1.../s1. The van der Waals surface area contributed by atoms with E-state index in [1.165, 1.54) is 35.9 Å². The summed E-state index contributed by atoms with van der Waals surface area (Å²) in [4.78, 5) is 106. The predicted molar refractivity (Wildman–Crippen MR) is 494 cm³/mol. The first-order valence-corrected chi connectivity index (χ1v) is 42.7. The van der Waals surface area contributed by atoms with Crippen molar-refractivity contribution in [2.24, 2.45) is 0 Å². The second kappa shape index (κ2) is 43.4. The fourth-order valence-corrected chi connectivity index (χ4v) is 15.5. The highest BCUT2D eigenvalue weighted by molar-refractivity contribution is 7.12. The summed E-state index contributed by atoms with van der Waals surface area (Å²) in [5.74, 6) is 0.168. The van der Waals surface area contributed by atoms with Crippen LogP contribution in [-0.4, -0.2) is 155 Å². The van der Waals surface area contributed by atoms with Gasteiger partial charge >= 0.3 is 0 Å². The van der Waals surface area contributed by atoms with Crippen molar-refractivity contribution in [1.82, 2.24) is 54.6 Å². The third kappa shape index (κ3) is 24.1. The van der Waals surface area contributed by atoms with Crippen molar-refractivity contribution in [1.29, 1.82) is 0 Å². The number of likely N-dealkylation sites (tertiary alicyclic amines) is 1. The number of nitrogens with one attached hydrogen (secondary N) is 7. The van der Waals surface area contributed by atoms with Gasteiger partial charge in [0, 0.05) is 145 Å². The number of aliphatic hydroxyl groups is 1. The van der Waals surface area contributed by atoms with Crippen molar-refractivity contribution >= 4 is 150 Å². The third-order valence-electron chi connectivity index (χ3n) is 20.3. The van der Waals surface area contributed by atoms with E-state index in [-0.39, 0.29) is 45.7 Å². The number of benzene rings is 7. The van der Waals surface area contributed by atoms with Gasteiger partial charge < -0.3 is 52.0 Å². The molecule has 1 aliphatic carbocycles. The molecule has 125 heavy (non-hydrogen) atoms. The summed E-state index contributed by atoms with van der Waals surface area (Å²) in [5.41, 5.74) is 12.9. The first-order chi connectivity index (χ1) is 60.9. The molecule has 0 radical (unpaired) electrons. The second-order valence-corrected chi connectivity index (χ2v) is 31.7. The SMILES string of the molecule is O=C(N[C@H]1c2ccccc2C[C@H]1O)c1ccc(C(=O)Nc2ccc(Cl)c(-c3ccccn3)c2)c(Cl)c1.O=C(Nc1ccc(Cl)c(-c2ccccn2)c1)c1ccc(NCCCN2CCCC2=O)nc1.O=C(Nc1ccc(Cl)c(-c2ccccn2)c1)c1ccc(NCCCN2CCOCC2)nc1.O=C(Nc1ccc(Cl)c(-c2ccccn2)c1)c1ccc2snnc2c1. The number of pyridine rings is 6. The Bertz CT molecular complexity index is 6120. The van der Waals surface area contributed by atoms with Crippen molar-refractivity contribution in [3.63, 3.8) is 0 Å². The highest BCUT2D eigenvalue weighted by atomic mass is 35.5. The quantitative estimate of drug-likeness (QED) is 0.0261. The molecule has 7 aromatic carbocycles. The number of hydrogen-bond acceptors (Lipinski definition) is 20. The van der Waals surface area contributed by atoms with Crippen molar-refractivity contribution in [2.45, 2.75) is 44.2 Å². The Morgan fingerprint density at radius 3 is 1.35 bits per heavy atom. The Morgan fingerprint density at radius 2 is 0.896 bits per heavy atom. The van der Waals surface area contributed by atoms with Gasteiger partial charge in [0.1, 0.15) is 17.2 Å². The normalized spacial score (nSPS) is 13.9. The fraction of sp³-hybridized carbons (Fsp3) is 0.170. The summed E-state index contributed by atoms with van der Waals surface area (Å²) in [5, 5.41) is 37.7. The van der Waals surface area contributed by atoms with E-state index >= 15 is 0 Å². The Labute approximate surface area is 749 Å². The lowest BCUT2D eigenvalue weighted by Crippen LogP contribution is -2.37. The van der Waals surface area contributed by atoms with Crippen molar-refractivity contribution in [3.8, 4) is 45.0 Å². The number of halogens is 5. The predicted octanol–water partition coefficient (Wildman–Crippen LogP) is 19.0. The maximum Gasteiger partial charge on any atom is 0.257 e. The smallest absolute Gasteiger partial charge is 0.257 e. The Hall–Kier alpha value is -13.0. The first kappa shape index (κ1) is 88.3. The number of aliphatic hydroxyl groups excluding tert-OH is 1. The molecule has 8 N–H and O–H groups in total. The van der Waals surface area contributed by atoms with Crippen LogP contribution >= 0.6 is 69.5 Å². The van der Waals surface area contributed by atoms with Gasteiger partial charge in [0.25, 0.3) is 29.5 Å². The molecule has 31 heteroatoms. The molecule has 2 aliphatic heterocycles. The molecule has 2 atom stereocenters. The number of rotatable bonds is 24. The summed E-state index contributed by atoms with van der Waals surface area (Å²) >= 11 is 32.9. The minimum absolute atomic E-state index is 0.131. The summed E-state index contributed by atoms with van der Waals surface area (Å²) in [6, 6.07) is 67.4. The van der Waals surface area contributed by atoms with Crippen LogP contribution in [0.2, 0.25) is 25.1 Å². The van der Waals surface area contributed by atoms with Crippen LogP contribution in [0.5, 0.6) is 0 Å². The molecule has 0 spiro atoms. The minimum atomic E-state index is -0.706. The van der Waals surface area contributed by atoms with Crippen LogP contribution in [0.3, 0.4) is 0 Å². The number of carbonyl (C=O) groups excluding carboxylic acids is 6. The molecule has 0 bridgehead atoms. The number of hydrogen-bond donors (Lipinski definition) is 8. The van der Waals surface area contributed by atoms with E-state index in [1.807, 2.05) is 126 Å². The van der Waals surface area contributed by atoms with Crippen LogP contribution in [0, 0.1) is 0 Å². The van der Waals surface area contributed by atoms with Gasteiger partial charge in [0.05, 0.1) is 94.6 Å². The van der Waals surface area contributed by atoms with Gasteiger partial charge in [-0.05, 0) is 230 Å². The lowest BCUT2D eigenvalue weighted by atomic mass is 10.1. The molecular weight excluding hydrogens is 1700 g/mol. The summed E-state index contributed by atoms with van der Waals surface area (Å²) in [6.45, 7) is 7.83. The van der Waals surface area contributed by atoms with E-state index in [2.05, 4.69) is 81.6 Å². The van der Waals surface area contributed by atoms with Crippen LogP contribution in [-0.2, 0) is 16.0 Å². The molecule has 7 aromatic heterocycles. The van der Waals surface area contributed by atoms with Crippen molar-refractivity contribution in [3.05, 3.63) is 332 Å². The summed E-state index contributed by atoms with van der Waals surface area (Å²) in [7, 11) is 0. The fourth-order valence-electron chi connectivity index (χ4n) is 13.9. The largest absolute Gasteiger partial charge is 0.390 e. The molecule has 6 amide bonds. The Morgan fingerprint density at radius 1 is 0.448 bits per heavy atom. The van der Waals surface area contributed by atoms with Gasteiger partial charge in [0.15, 0.2) is 0 Å². The maximum absolute atomic E-state index is 12.9. The van der Waals surface area contributed by atoms with E-state index < -0.39 is 18.1 Å². The lowest BCUT2D eigenvalue weighted by Gasteiger charge is -2.26. The molecular formula is C94H82Cl5N17O8S. The molecule has 9 heterocycles. The van der Waals surface area contributed by atoms with Gasteiger partial charge in [-0.15, -0.1) is 5.10 Å². The number of amides is 6. The molecule has 25 nitrogen and oxygen atoms in total. The topological polar surface area (TPSA) is 326 Å². The third-order valence-corrected chi connectivity index (χ3v) is 22.7. The zero-order valence-corrected chi connectivity index (χ0v) is 71.6. The molecule has 0 unspecified atom stereocenters. The average Bonchev–Trinajstić information content (AvgIpc) is 1.27. The molecule has 14 aromatic rings. The number of aromatic nitrogens is 8. The molecule has 2 fully saturated rings. The average molecular weight is 1790 g/mol. The maximum atomic E-state index is 12.9. The van der Waals surface area contributed by atoms with Gasteiger partial charge in [0.2, 0.25) is 5.91 Å². The molecule has 632 valence electrons. The highest BCUT2D eigenvalue weighted by Crippen LogP contribution is 2.36. The number of anilines is 6. The van der Waals surface area contributed by atoms with Gasteiger partial charge in [-0.1, -0.05) is 111 Å². The number of carbonyl (C=O) groups is 6. The molecule has 17 rings (SSSR count). The van der Waals surface area contributed by atoms with E-state index in [0.29, 0.717) is 102 Å². The van der Waals surface area contributed by atoms with Gasteiger partial charge in [-0.25, -0.2) is 9.97 Å². The van der Waals surface area contributed by atoms with Crippen LogP contribution < -0.4 is 37.2 Å². The lowest BCUT2D eigenvalue weighted by molar-refractivity contribution is -0.127. The summed E-state index contributed by atoms with van der Waals surface area (Å²) < 4.78 is 10.2. The zero-order chi connectivity index (χ0) is 87.0. The van der Waals surface area contributed by atoms with Crippen LogP contribution in [0.15, 0.2) is 268 Å². The van der Waals surface area contributed by atoms with Crippen LogP contribution in [0.4, 0.5) is 34.4 Å². The van der Waals surface area contributed by atoms with E-state index in [1.54, 1.807) is 122 Å². The molecule has 2 saturated heterocycles. The van der Waals surface area contributed by atoms with Crippen LogP contribution in [0.25, 0.3) is 55.2 Å². The van der Waals surface area contributed by atoms with Crippen LogP contribution in [0.1, 0.15) is 94.6 Å². The zero-order valence-electron chi connectivity index (χ0n) is 67.0. The number of morpholine rings is 1. The number of fused-ring (bicyclic) bond motifs is 2. The van der Waals surface area contributed by atoms with E-state index in [0.717, 1.165) is 127 Å².